The van der Waals surface area contributed by atoms with Gasteiger partial charge in [-0.1, -0.05) is 60.7 Å². The summed E-state index contributed by atoms with van der Waals surface area (Å²) in [5.41, 5.74) is 1.47. The molecule has 0 aliphatic carbocycles. The van der Waals surface area contributed by atoms with Crippen molar-refractivity contribution in [3.05, 3.63) is 71.8 Å². The molecule has 2 heteroatoms. The zero-order chi connectivity index (χ0) is 12.5. The average Bonchev–Trinajstić information content (AvgIpc) is 2.41. The Morgan fingerprint density at radius 2 is 1.06 bits per heavy atom. The zero-order valence-corrected chi connectivity index (χ0v) is 10.1. The lowest BCUT2D eigenvalue weighted by atomic mass is 10.0. The molecule has 0 atom stereocenters. The van der Waals surface area contributed by atoms with Crippen LogP contribution in [0, 0.1) is 0 Å². The van der Waals surface area contributed by atoms with Crippen LogP contribution in [0.5, 0.6) is 0 Å². The fourth-order valence-corrected chi connectivity index (χ4v) is 1.35. The first kappa shape index (κ1) is 13.1. The molecule has 0 bridgehead atoms. The third-order valence-electron chi connectivity index (χ3n) is 2.07. The molecular weight excluding hydrogens is 212 g/mol. The van der Waals surface area contributed by atoms with Gasteiger partial charge in [-0.3, -0.25) is 4.79 Å². The number of carbonyl (C=O) groups excluding carboxylic acids is 1. The number of hydrogen-bond donors (Lipinski definition) is 0. The number of ketones is 1. The lowest BCUT2D eigenvalue weighted by molar-refractivity contribution is 0.103. The fourth-order valence-electron chi connectivity index (χ4n) is 1.35. The number of methoxy groups -OCH3 is 1. The van der Waals surface area contributed by atoms with E-state index in [2.05, 4.69) is 4.74 Å². The Bertz CT molecular complexity index is 393. The number of hydrogen-bond acceptors (Lipinski definition) is 2. The van der Waals surface area contributed by atoms with E-state index in [9.17, 15) is 4.79 Å². The maximum Gasteiger partial charge on any atom is 0.193 e. The van der Waals surface area contributed by atoms with Gasteiger partial charge in [-0.05, 0) is 0 Å². The van der Waals surface area contributed by atoms with Crippen LogP contribution in [0.2, 0.25) is 0 Å². The molecule has 0 heterocycles. The lowest BCUT2D eigenvalue weighted by Crippen LogP contribution is -1.99. The third kappa shape index (κ3) is 4.21. The first-order chi connectivity index (χ1) is 8.29. The second-order valence-corrected chi connectivity index (χ2v) is 3.47. The fraction of sp³-hybridized carbons (Fsp3) is 0.133. The van der Waals surface area contributed by atoms with E-state index in [0.29, 0.717) is 0 Å². The number of ether oxygens (including phenoxy) is 1. The summed E-state index contributed by atoms with van der Waals surface area (Å²) in [6.07, 6.45) is 0. The Balaban J connectivity index is 0.000000437. The SMILES string of the molecule is COC.O=C(c1ccccc1)c1ccccc1. The summed E-state index contributed by atoms with van der Waals surface area (Å²) in [7, 11) is 3.25. The van der Waals surface area contributed by atoms with Crippen LogP contribution < -0.4 is 0 Å². The quantitative estimate of drug-likeness (QED) is 0.738. The molecule has 0 aromatic heterocycles. The molecule has 0 aliphatic rings. The van der Waals surface area contributed by atoms with Gasteiger partial charge in [0.05, 0.1) is 0 Å². The lowest BCUT2D eigenvalue weighted by Gasteiger charge is -1.99. The van der Waals surface area contributed by atoms with E-state index in [1.165, 1.54) is 0 Å². The van der Waals surface area contributed by atoms with Gasteiger partial charge in [0.15, 0.2) is 5.78 Å². The summed E-state index contributed by atoms with van der Waals surface area (Å²) >= 11 is 0. The van der Waals surface area contributed by atoms with Crippen LogP contribution >= 0.6 is 0 Å². The molecule has 2 nitrogen and oxygen atoms in total. The molecule has 0 spiro atoms. The van der Waals surface area contributed by atoms with E-state index < -0.39 is 0 Å². The van der Waals surface area contributed by atoms with Crippen molar-refractivity contribution in [3.8, 4) is 0 Å². The van der Waals surface area contributed by atoms with Gasteiger partial charge < -0.3 is 4.74 Å². The Morgan fingerprint density at radius 1 is 0.765 bits per heavy atom. The van der Waals surface area contributed by atoms with Crippen molar-refractivity contribution < 1.29 is 9.53 Å². The van der Waals surface area contributed by atoms with Gasteiger partial charge in [0.25, 0.3) is 0 Å². The van der Waals surface area contributed by atoms with Crippen LogP contribution in [0.25, 0.3) is 0 Å². The highest BCUT2D eigenvalue weighted by atomic mass is 16.4. The molecule has 0 radical (unpaired) electrons. The Hall–Kier alpha value is -1.93. The van der Waals surface area contributed by atoms with E-state index >= 15 is 0 Å². The van der Waals surface area contributed by atoms with Gasteiger partial charge in [-0.25, -0.2) is 0 Å². The third-order valence-corrected chi connectivity index (χ3v) is 2.07. The van der Waals surface area contributed by atoms with E-state index in [1.807, 2.05) is 60.7 Å². The Labute approximate surface area is 102 Å². The largest absolute Gasteiger partial charge is 0.388 e. The minimum atomic E-state index is 0.0752. The summed E-state index contributed by atoms with van der Waals surface area (Å²) in [4.78, 5) is 11.8. The molecule has 0 saturated carbocycles. The molecule has 88 valence electrons. The number of rotatable bonds is 2. The second kappa shape index (κ2) is 7.36. The first-order valence-corrected chi connectivity index (χ1v) is 5.34. The summed E-state index contributed by atoms with van der Waals surface area (Å²) < 4.78 is 4.25. The van der Waals surface area contributed by atoms with Gasteiger partial charge >= 0.3 is 0 Å². The van der Waals surface area contributed by atoms with Crippen molar-refractivity contribution in [1.29, 1.82) is 0 Å². The van der Waals surface area contributed by atoms with Crippen molar-refractivity contribution >= 4 is 5.78 Å². The van der Waals surface area contributed by atoms with Crippen molar-refractivity contribution in [2.45, 2.75) is 0 Å². The maximum atomic E-state index is 11.8. The minimum absolute atomic E-state index is 0.0752. The van der Waals surface area contributed by atoms with Crippen LogP contribution in [0.15, 0.2) is 60.7 Å². The highest BCUT2D eigenvalue weighted by Crippen LogP contribution is 2.08. The van der Waals surface area contributed by atoms with Crippen LogP contribution in [0.1, 0.15) is 15.9 Å². The molecule has 2 rings (SSSR count). The highest BCUT2D eigenvalue weighted by molar-refractivity contribution is 6.08. The van der Waals surface area contributed by atoms with E-state index in [-0.39, 0.29) is 5.78 Å². The van der Waals surface area contributed by atoms with Crippen LogP contribution in [-0.2, 0) is 4.74 Å². The highest BCUT2D eigenvalue weighted by Gasteiger charge is 2.06. The number of benzene rings is 2. The second-order valence-electron chi connectivity index (χ2n) is 3.47. The predicted molar refractivity (Wildman–Crippen MR) is 69.2 cm³/mol. The molecule has 0 unspecified atom stereocenters. The van der Waals surface area contributed by atoms with Gasteiger partial charge in [0.1, 0.15) is 0 Å². The summed E-state index contributed by atoms with van der Waals surface area (Å²) in [6.45, 7) is 0. The topological polar surface area (TPSA) is 26.3 Å². The van der Waals surface area contributed by atoms with Gasteiger partial charge in [-0.15, -0.1) is 0 Å². The van der Waals surface area contributed by atoms with E-state index in [1.54, 1.807) is 14.2 Å². The Kier molecular flexibility index (Phi) is 5.69. The van der Waals surface area contributed by atoms with Crippen molar-refractivity contribution in [2.75, 3.05) is 14.2 Å². The molecule has 17 heavy (non-hydrogen) atoms. The molecule has 0 fully saturated rings. The molecule has 0 aliphatic heterocycles. The zero-order valence-electron chi connectivity index (χ0n) is 10.1. The summed E-state index contributed by atoms with van der Waals surface area (Å²) in [5, 5.41) is 0. The summed E-state index contributed by atoms with van der Waals surface area (Å²) in [6, 6.07) is 18.6. The summed E-state index contributed by atoms with van der Waals surface area (Å²) in [5.74, 6) is 0.0752. The normalized spacial score (nSPS) is 9.06. The molecule has 2 aromatic rings. The van der Waals surface area contributed by atoms with E-state index in [4.69, 9.17) is 0 Å². The van der Waals surface area contributed by atoms with Gasteiger partial charge in [0, 0.05) is 25.3 Å². The van der Waals surface area contributed by atoms with Gasteiger partial charge in [0.2, 0.25) is 0 Å². The average molecular weight is 228 g/mol. The molecule has 0 amide bonds. The van der Waals surface area contributed by atoms with Gasteiger partial charge in [-0.2, -0.15) is 0 Å². The van der Waals surface area contributed by atoms with Crippen molar-refractivity contribution in [1.82, 2.24) is 0 Å². The van der Waals surface area contributed by atoms with Crippen molar-refractivity contribution in [3.63, 3.8) is 0 Å². The standard InChI is InChI=1S/C13H10O.C2H6O/c14-13(11-7-3-1-4-8-11)12-9-5-2-6-10-12;1-3-2/h1-10H;1-2H3. The molecule has 2 aromatic carbocycles. The Morgan fingerprint density at radius 3 is 1.35 bits per heavy atom. The first-order valence-electron chi connectivity index (χ1n) is 5.34. The monoisotopic (exact) mass is 228 g/mol. The van der Waals surface area contributed by atoms with Crippen LogP contribution in [0.4, 0.5) is 0 Å². The van der Waals surface area contributed by atoms with Crippen LogP contribution in [-0.4, -0.2) is 20.0 Å². The number of carbonyl (C=O) groups is 1. The predicted octanol–water partition coefficient (Wildman–Crippen LogP) is 3.18. The van der Waals surface area contributed by atoms with Crippen molar-refractivity contribution in [2.24, 2.45) is 0 Å². The maximum absolute atomic E-state index is 11.8. The molecule has 0 saturated heterocycles. The van der Waals surface area contributed by atoms with Crippen LogP contribution in [0.3, 0.4) is 0 Å². The smallest absolute Gasteiger partial charge is 0.193 e. The molecular formula is C15H16O2. The molecule has 0 N–H and O–H groups in total. The minimum Gasteiger partial charge on any atom is -0.388 e. The van der Waals surface area contributed by atoms with E-state index in [0.717, 1.165) is 11.1 Å².